The second-order valence-electron chi connectivity index (χ2n) is 19.6. The van der Waals surface area contributed by atoms with E-state index in [1.165, 1.54) is 64.7 Å². The van der Waals surface area contributed by atoms with Crippen LogP contribution in [-0.4, -0.2) is 108 Å². The summed E-state index contributed by atoms with van der Waals surface area (Å²) in [7, 11) is 0. The van der Waals surface area contributed by atoms with E-state index in [1.807, 2.05) is 0 Å². The van der Waals surface area contributed by atoms with Crippen molar-refractivity contribution in [1.82, 2.24) is 16.0 Å². The normalized spacial score (nSPS) is 29.1. The van der Waals surface area contributed by atoms with Gasteiger partial charge in [0.25, 0.3) is 0 Å². The van der Waals surface area contributed by atoms with Gasteiger partial charge in [0.05, 0.1) is 59.3 Å². The molecule has 0 spiro atoms. The topological polar surface area (TPSA) is 194 Å². The largest absolute Gasteiger partial charge is 0.462 e. The molecule has 0 aromatic heterocycles. The van der Waals surface area contributed by atoms with E-state index in [4.69, 9.17) is 29.4 Å². The predicted octanol–water partition coefficient (Wildman–Crippen LogP) is 5.48. The minimum Gasteiger partial charge on any atom is -0.462 e. The van der Waals surface area contributed by atoms with E-state index < -0.39 is 23.8 Å². The van der Waals surface area contributed by atoms with Crippen molar-refractivity contribution in [2.45, 2.75) is 150 Å². The molecule has 0 bridgehead atoms. The van der Waals surface area contributed by atoms with Crippen LogP contribution in [0, 0.1) is 52.3 Å². The zero-order chi connectivity index (χ0) is 44.4. The zero-order valence-corrected chi connectivity index (χ0v) is 38.5. The Labute approximate surface area is 366 Å². The van der Waals surface area contributed by atoms with Crippen LogP contribution < -0.4 is 21.7 Å². The Morgan fingerprint density at radius 2 is 1.30 bits per heavy atom. The minimum atomic E-state index is -1.15. The fourth-order valence-corrected chi connectivity index (χ4v) is 11.9. The Morgan fingerprint density at radius 1 is 0.689 bits per heavy atom. The summed E-state index contributed by atoms with van der Waals surface area (Å²) in [6.07, 6.45) is 14.5. The van der Waals surface area contributed by atoms with E-state index in [9.17, 15) is 24.0 Å². The maximum atomic E-state index is 13.1. The van der Waals surface area contributed by atoms with Gasteiger partial charge in [-0.3, -0.25) is 24.0 Å². The lowest BCUT2D eigenvalue weighted by molar-refractivity contribution is -0.163. The van der Waals surface area contributed by atoms with Gasteiger partial charge in [-0.15, -0.1) is 0 Å². The second-order valence-corrected chi connectivity index (χ2v) is 19.6. The standard InChI is InChI=1S/C47H82N4O10/c1-32(2)8-7-9-33(3)38-12-13-39-37-11-10-35-30-36(14-18-46(35,5)40(37)15-19-47(38,39)6)61-44(55)31-41(45(48)56)51-43(54)17-23-58-27-29-60-25-21-50-42(53)16-22-57-26-28-59-24-20-49-34(4)52/h32-33,35-41H,7-31H2,1-6H3,(H2,48,56)(H,49,52)(H,50,53)(H,51,54)/t33-,35?,36+,37?,38-,39?,40?,41+,46+,47-/m1/s1. The molecular weight excluding hydrogens is 781 g/mol. The highest BCUT2D eigenvalue weighted by atomic mass is 16.5. The Morgan fingerprint density at radius 3 is 1.93 bits per heavy atom. The first-order chi connectivity index (χ1) is 29.1. The fraction of sp³-hybridized carbons (Fsp3) is 0.894. The van der Waals surface area contributed by atoms with Gasteiger partial charge in [-0.05, 0) is 110 Å². The number of rotatable bonds is 28. The molecule has 10 atom stereocenters. The van der Waals surface area contributed by atoms with Crippen molar-refractivity contribution in [1.29, 1.82) is 0 Å². The maximum absolute atomic E-state index is 13.1. The molecule has 0 aromatic carbocycles. The van der Waals surface area contributed by atoms with Crippen molar-refractivity contribution in [2.75, 3.05) is 65.9 Å². The van der Waals surface area contributed by atoms with E-state index in [1.54, 1.807) is 0 Å². The molecule has 14 heteroatoms. The lowest BCUT2D eigenvalue weighted by Gasteiger charge is -2.61. The first-order valence-corrected chi connectivity index (χ1v) is 23.7. The number of nitrogens with two attached hydrogens (primary N) is 1. The summed E-state index contributed by atoms with van der Waals surface area (Å²) in [4.78, 5) is 60.7. The molecule has 4 rings (SSSR count). The molecule has 4 saturated carbocycles. The smallest absolute Gasteiger partial charge is 0.308 e. The van der Waals surface area contributed by atoms with Crippen molar-refractivity contribution < 1.29 is 47.7 Å². The van der Waals surface area contributed by atoms with Crippen LogP contribution in [-0.2, 0) is 47.7 Å². The molecule has 5 N–H and O–H groups in total. The lowest BCUT2D eigenvalue weighted by Crippen LogP contribution is -2.54. The monoisotopic (exact) mass is 863 g/mol. The van der Waals surface area contributed by atoms with Crippen molar-refractivity contribution in [3.8, 4) is 0 Å². The van der Waals surface area contributed by atoms with E-state index in [2.05, 4.69) is 50.6 Å². The third kappa shape index (κ3) is 15.7. The summed E-state index contributed by atoms with van der Waals surface area (Å²) in [5.74, 6) is 3.37. The quantitative estimate of drug-likeness (QED) is 0.0579. The molecule has 4 aliphatic carbocycles. The minimum absolute atomic E-state index is 0.0107. The average Bonchev–Trinajstić information content (AvgIpc) is 3.56. The zero-order valence-electron chi connectivity index (χ0n) is 38.5. The first kappa shape index (κ1) is 50.8. The number of amides is 4. The molecule has 0 aromatic rings. The lowest BCUT2D eigenvalue weighted by atomic mass is 9.44. The Balaban J connectivity index is 1.05. The third-order valence-electron chi connectivity index (χ3n) is 15.0. The number of primary amides is 1. The molecule has 350 valence electrons. The van der Waals surface area contributed by atoms with Gasteiger partial charge < -0.3 is 45.4 Å². The van der Waals surface area contributed by atoms with E-state index in [0.717, 1.165) is 54.8 Å². The summed E-state index contributed by atoms with van der Waals surface area (Å²) < 4.78 is 27.6. The van der Waals surface area contributed by atoms with Gasteiger partial charge in [-0.1, -0.05) is 53.9 Å². The number of hydrogen-bond acceptors (Lipinski definition) is 10. The number of hydrogen-bond donors (Lipinski definition) is 4. The molecule has 61 heavy (non-hydrogen) atoms. The number of esters is 1. The van der Waals surface area contributed by atoms with E-state index >= 15 is 0 Å². The van der Waals surface area contributed by atoms with Gasteiger partial charge in [0.2, 0.25) is 23.6 Å². The maximum Gasteiger partial charge on any atom is 0.308 e. The molecular formula is C47H82N4O10. The number of carbonyl (C=O) groups is 5. The predicted molar refractivity (Wildman–Crippen MR) is 233 cm³/mol. The number of nitrogens with one attached hydrogen (secondary N) is 3. The number of fused-ring (bicyclic) bond motifs is 5. The highest BCUT2D eigenvalue weighted by Crippen LogP contribution is 2.68. The van der Waals surface area contributed by atoms with Crippen molar-refractivity contribution in [2.24, 2.45) is 58.0 Å². The Hall–Kier alpha value is -2.81. The molecule has 0 radical (unpaired) electrons. The van der Waals surface area contributed by atoms with Gasteiger partial charge in [0.15, 0.2) is 0 Å². The average molecular weight is 863 g/mol. The van der Waals surface area contributed by atoms with Crippen molar-refractivity contribution in [3.63, 3.8) is 0 Å². The molecule has 4 amide bonds. The third-order valence-corrected chi connectivity index (χ3v) is 15.0. The van der Waals surface area contributed by atoms with Crippen LogP contribution in [0.1, 0.15) is 138 Å². The van der Waals surface area contributed by atoms with Crippen LogP contribution in [0.4, 0.5) is 0 Å². The van der Waals surface area contributed by atoms with Gasteiger partial charge in [-0.2, -0.15) is 0 Å². The molecule has 4 fully saturated rings. The van der Waals surface area contributed by atoms with Crippen molar-refractivity contribution >= 4 is 29.6 Å². The molecule has 0 saturated heterocycles. The van der Waals surface area contributed by atoms with E-state index in [0.29, 0.717) is 50.8 Å². The summed E-state index contributed by atoms with van der Waals surface area (Å²) in [6.45, 7) is 17.0. The van der Waals surface area contributed by atoms with Crippen molar-refractivity contribution in [3.05, 3.63) is 0 Å². The van der Waals surface area contributed by atoms with Crippen LogP contribution >= 0.6 is 0 Å². The van der Waals surface area contributed by atoms with Gasteiger partial charge >= 0.3 is 5.97 Å². The van der Waals surface area contributed by atoms with Crippen LogP contribution in [0.5, 0.6) is 0 Å². The Bertz CT molecular complexity index is 1400. The van der Waals surface area contributed by atoms with E-state index in [-0.39, 0.29) is 69.0 Å². The summed E-state index contributed by atoms with van der Waals surface area (Å²) >= 11 is 0. The molecule has 4 unspecified atom stereocenters. The van der Waals surface area contributed by atoms with Crippen LogP contribution in [0.25, 0.3) is 0 Å². The van der Waals surface area contributed by atoms with Crippen LogP contribution in [0.15, 0.2) is 0 Å². The second kappa shape index (κ2) is 25.5. The molecule has 0 aliphatic heterocycles. The van der Waals surface area contributed by atoms with Gasteiger partial charge in [-0.25, -0.2) is 0 Å². The van der Waals surface area contributed by atoms with Crippen LogP contribution in [0.2, 0.25) is 0 Å². The summed E-state index contributed by atoms with van der Waals surface area (Å²) in [6, 6.07) is -1.15. The molecule has 0 heterocycles. The number of carbonyl (C=O) groups excluding carboxylic acids is 5. The number of ether oxygens (including phenoxy) is 5. The summed E-state index contributed by atoms with van der Waals surface area (Å²) in [5.41, 5.74) is 6.34. The molecule has 4 aliphatic rings. The fourth-order valence-electron chi connectivity index (χ4n) is 11.9. The van der Waals surface area contributed by atoms with Gasteiger partial charge in [0, 0.05) is 32.9 Å². The molecule has 14 nitrogen and oxygen atoms in total. The SMILES string of the molecule is CC(=O)NCCOCCOCCC(=O)NCCOCCOCCC(=O)N[C@@H](CC(=O)O[C@H]1CC[C@@]2(C)C(CCC3C2CC[C@@]2(C)C3CC[C@@H]2[C@H](C)CCCC(C)C)C1)C(N)=O. The Kier molecular flexibility index (Phi) is 21.2. The highest BCUT2D eigenvalue weighted by molar-refractivity contribution is 5.90. The first-order valence-electron chi connectivity index (χ1n) is 23.7. The highest BCUT2D eigenvalue weighted by Gasteiger charge is 2.60. The van der Waals surface area contributed by atoms with Crippen LogP contribution in [0.3, 0.4) is 0 Å². The summed E-state index contributed by atoms with van der Waals surface area (Å²) in [5, 5.41) is 7.97. The van der Waals surface area contributed by atoms with Gasteiger partial charge in [0.1, 0.15) is 12.1 Å².